The van der Waals surface area contributed by atoms with Crippen LogP contribution in [0.3, 0.4) is 0 Å². The first kappa shape index (κ1) is 6.81. The van der Waals surface area contributed by atoms with Gasteiger partial charge in [-0.05, 0) is 5.92 Å². The number of ether oxygens (including phenoxy) is 1. The van der Waals surface area contributed by atoms with Gasteiger partial charge in [0.2, 0.25) is 5.78 Å². The zero-order valence-electron chi connectivity index (χ0n) is 5.29. The van der Waals surface area contributed by atoms with Crippen molar-refractivity contribution in [2.75, 3.05) is 0 Å². The Morgan fingerprint density at radius 3 is 2.90 bits per heavy atom. The summed E-state index contributed by atoms with van der Waals surface area (Å²) in [4.78, 5) is 21.1. The Balaban J connectivity index is 2.54. The van der Waals surface area contributed by atoms with Crippen molar-refractivity contribution in [3.63, 3.8) is 0 Å². The monoisotopic (exact) mass is 138 g/mol. The number of ketones is 1. The van der Waals surface area contributed by atoms with E-state index in [1.807, 2.05) is 5.92 Å². The molecule has 0 N–H and O–H groups in total. The summed E-state index contributed by atoms with van der Waals surface area (Å²) in [7, 11) is 0. The highest BCUT2D eigenvalue weighted by atomic mass is 16.6. The van der Waals surface area contributed by atoms with Crippen LogP contribution in [0.1, 0.15) is 12.8 Å². The van der Waals surface area contributed by atoms with E-state index >= 15 is 0 Å². The van der Waals surface area contributed by atoms with Crippen molar-refractivity contribution in [1.82, 2.24) is 0 Å². The second-order valence-electron chi connectivity index (χ2n) is 2.03. The van der Waals surface area contributed by atoms with E-state index in [1.165, 1.54) is 0 Å². The predicted octanol–water partition coefficient (Wildman–Crippen LogP) is -0.106. The van der Waals surface area contributed by atoms with Crippen LogP contribution in [0.25, 0.3) is 0 Å². The Morgan fingerprint density at radius 2 is 2.50 bits per heavy atom. The molecule has 1 aliphatic rings. The summed E-state index contributed by atoms with van der Waals surface area (Å²) >= 11 is 0. The predicted molar refractivity (Wildman–Crippen MR) is 33.0 cm³/mol. The van der Waals surface area contributed by atoms with E-state index in [9.17, 15) is 9.59 Å². The number of cyclic esters (lactones) is 1. The number of esters is 1. The van der Waals surface area contributed by atoms with Crippen LogP contribution >= 0.6 is 0 Å². The molecule has 1 aliphatic heterocycles. The fourth-order valence-electron chi connectivity index (χ4n) is 0.803. The lowest BCUT2D eigenvalue weighted by Crippen LogP contribution is -2.17. The summed E-state index contributed by atoms with van der Waals surface area (Å²) in [6, 6.07) is 0. The van der Waals surface area contributed by atoms with Gasteiger partial charge in [-0.15, -0.1) is 6.42 Å². The van der Waals surface area contributed by atoms with Crippen molar-refractivity contribution in [2.24, 2.45) is 0 Å². The van der Waals surface area contributed by atoms with Gasteiger partial charge in [0.15, 0.2) is 6.10 Å². The minimum absolute atomic E-state index is 0.304. The first-order valence-electron chi connectivity index (χ1n) is 2.94. The van der Waals surface area contributed by atoms with Crippen molar-refractivity contribution in [1.29, 1.82) is 0 Å². The van der Waals surface area contributed by atoms with Gasteiger partial charge in [-0.1, -0.05) is 0 Å². The average molecular weight is 138 g/mol. The van der Waals surface area contributed by atoms with Gasteiger partial charge in [-0.2, -0.15) is 0 Å². The molecule has 1 rings (SSSR count). The molecule has 1 heterocycles. The lowest BCUT2D eigenvalue weighted by atomic mass is 10.2. The van der Waals surface area contributed by atoms with Crippen LogP contribution in [0.4, 0.5) is 0 Å². The third kappa shape index (κ3) is 1.16. The smallest absolute Gasteiger partial charge is 0.306 e. The maximum absolute atomic E-state index is 10.6. The minimum Gasteiger partial charge on any atom is -0.453 e. The molecule has 0 aromatic carbocycles. The van der Waals surface area contributed by atoms with Crippen LogP contribution in [0, 0.1) is 12.3 Å². The van der Waals surface area contributed by atoms with Gasteiger partial charge in [0.1, 0.15) is 0 Å². The number of terminal acetylenes is 1. The maximum Gasteiger partial charge on any atom is 0.306 e. The zero-order valence-corrected chi connectivity index (χ0v) is 5.29. The molecule has 0 aromatic rings. The quantitative estimate of drug-likeness (QED) is 0.288. The van der Waals surface area contributed by atoms with Crippen LogP contribution in [0.15, 0.2) is 0 Å². The van der Waals surface area contributed by atoms with Gasteiger partial charge in [-0.3, -0.25) is 9.59 Å². The van der Waals surface area contributed by atoms with Crippen molar-refractivity contribution in [3.8, 4) is 12.3 Å². The highest BCUT2D eigenvalue weighted by molar-refractivity contribution is 6.00. The highest BCUT2D eigenvalue weighted by Crippen LogP contribution is 2.13. The van der Waals surface area contributed by atoms with Crippen molar-refractivity contribution < 1.29 is 14.3 Å². The Hall–Kier alpha value is -1.30. The van der Waals surface area contributed by atoms with E-state index in [1.54, 1.807) is 0 Å². The molecule has 1 fully saturated rings. The molecule has 0 aliphatic carbocycles. The van der Waals surface area contributed by atoms with Crippen molar-refractivity contribution in [2.45, 2.75) is 18.9 Å². The van der Waals surface area contributed by atoms with E-state index in [0.717, 1.165) is 0 Å². The molecule has 3 heteroatoms. The van der Waals surface area contributed by atoms with Gasteiger partial charge >= 0.3 is 5.97 Å². The van der Waals surface area contributed by atoms with Gasteiger partial charge in [0, 0.05) is 12.8 Å². The van der Waals surface area contributed by atoms with E-state index in [0.29, 0.717) is 12.8 Å². The molecular formula is C7H6O3. The Kier molecular flexibility index (Phi) is 1.72. The summed E-state index contributed by atoms with van der Waals surface area (Å²) in [6.07, 6.45) is 4.87. The molecule has 52 valence electrons. The molecule has 0 aromatic heterocycles. The summed E-state index contributed by atoms with van der Waals surface area (Å²) in [5.74, 6) is 1.13. The van der Waals surface area contributed by atoms with Crippen LogP contribution in [-0.2, 0) is 14.3 Å². The summed E-state index contributed by atoms with van der Waals surface area (Å²) < 4.78 is 4.58. The molecule has 3 nitrogen and oxygen atoms in total. The largest absolute Gasteiger partial charge is 0.453 e. The van der Waals surface area contributed by atoms with Gasteiger partial charge in [-0.25, -0.2) is 0 Å². The van der Waals surface area contributed by atoms with Gasteiger partial charge in [0.25, 0.3) is 0 Å². The molecule has 1 unspecified atom stereocenters. The number of carbonyl (C=O) groups excluding carboxylic acids is 2. The maximum atomic E-state index is 10.6. The molecule has 10 heavy (non-hydrogen) atoms. The third-order valence-electron chi connectivity index (χ3n) is 1.32. The average Bonchev–Trinajstić information content (AvgIpc) is 2.34. The molecule has 0 amide bonds. The van der Waals surface area contributed by atoms with Crippen LogP contribution in [-0.4, -0.2) is 17.9 Å². The fraction of sp³-hybridized carbons (Fsp3) is 0.429. The van der Waals surface area contributed by atoms with E-state index in [4.69, 9.17) is 6.42 Å². The second-order valence-corrected chi connectivity index (χ2v) is 2.03. The standard InChI is InChI=1S/C7H6O3/c1-2-5(8)6-3-4-7(9)10-6/h1,6H,3-4H2. The number of Topliss-reactive ketones (excluding diaryl/α,β-unsaturated/α-hetero) is 1. The molecule has 0 radical (unpaired) electrons. The normalized spacial score (nSPS) is 23.5. The summed E-state index contributed by atoms with van der Waals surface area (Å²) in [5, 5.41) is 0. The topological polar surface area (TPSA) is 43.4 Å². The first-order chi connectivity index (χ1) is 4.74. The van der Waals surface area contributed by atoms with Crippen molar-refractivity contribution in [3.05, 3.63) is 0 Å². The number of hydrogen-bond donors (Lipinski definition) is 0. The number of carbonyl (C=O) groups is 2. The fourth-order valence-corrected chi connectivity index (χ4v) is 0.803. The SMILES string of the molecule is C#CC(=O)C1CCC(=O)O1. The molecule has 1 atom stereocenters. The zero-order chi connectivity index (χ0) is 7.56. The third-order valence-corrected chi connectivity index (χ3v) is 1.32. The van der Waals surface area contributed by atoms with Crippen LogP contribution < -0.4 is 0 Å². The van der Waals surface area contributed by atoms with Crippen molar-refractivity contribution >= 4 is 11.8 Å². The number of rotatable bonds is 1. The molecule has 1 saturated heterocycles. The second kappa shape index (κ2) is 2.53. The Bertz CT molecular complexity index is 211. The molecule has 0 saturated carbocycles. The Labute approximate surface area is 58.4 Å². The summed E-state index contributed by atoms with van der Waals surface area (Å²) in [6.45, 7) is 0. The first-order valence-corrected chi connectivity index (χ1v) is 2.94. The van der Waals surface area contributed by atoms with E-state index in [-0.39, 0.29) is 5.97 Å². The summed E-state index contributed by atoms with van der Waals surface area (Å²) in [5.41, 5.74) is 0. The van der Waals surface area contributed by atoms with E-state index < -0.39 is 11.9 Å². The molecule has 0 spiro atoms. The molecular weight excluding hydrogens is 132 g/mol. The lowest BCUT2D eigenvalue weighted by molar-refractivity contribution is -0.145. The minimum atomic E-state index is -0.669. The van der Waals surface area contributed by atoms with Gasteiger partial charge < -0.3 is 4.74 Å². The highest BCUT2D eigenvalue weighted by Gasteiger charge is 2.28. The van der Waals surface area contributed by atoms with Crippen LogP contribution in [0.2, 0.25) is 0 Å². The lowest BCUT2D eigenvalue weighted by Gasteiger charge is -2.00. The number of hydrogen-bond acceptors (Lipinski definition) is 3. The van der Waals surface area contributed by atoms with Gasteiger partial charge in [0.05, 0.1) is 0 Å². The Morgan fingerprint density at radius 1 is 1.80 bits per heavy atom. The van der Waals surface area contributed by atoms with Crippen LogP contribution in [0.5, 0.6) is 0 Å². The molecule has 0 bridgehead atoms. The van der Waals surface area contributed by atoms with E-state index in [2.05, 4.69) is 4.74 Å².